The maximum absolute atomic E-state index is 12.8. The van der Waals surface area contributed by atoms with Crippen LogP contribution in [-0.4, -0.2) is 48.5 Å². The summed E-state index contributed by atoms with van der Waals surface area (Å²) in [4.78, 5) is 25.5. The lowest BCUT2D eigenvalue weighted by atomic mass is 10.1. The van der Waals surface area contributed by atoms with Gasteiger partial charge in [0.25, 0.3) is 11.8 Å². The van der Waals surface area contributed by atoms with E-state index in [1.807, 2.05) is 4.90 Å². The minimum absolute atomic E-state index is 0. The molecule has 2 heterocycles. The number of rotatable bonds is 4. The molecule has 1 aromatic carbocycles. The lowest BCUT2D eigenvalue weighted by molar-refractivity contribution is -0.119. The van der Waals surface area contributed by atoms with E-state index in [9.17, 15) is 9.59 Å². The number of hydrogen-bond donors (Lipinski definition) is 2. The summed E-state index contributed by atoms with van der Waals surface area (Å²) in [6, 6.07) is 7.54. The zero-order chi connectivity index (χ0) is 15.5. The second-order valence-corrected chi connectivity index (χ2v) is 5.87. The Morgan fingerprint density at radius 1 is 1.17 bits per heavy atom. The van der Waals surface area contributed by atoms with Gasteiger partial charge in [-0.05, 0) is 50.1 Å². The summed E-state index contributed by atoms with van der Waals surface area (Å²) in [6.07, 6.45) is 3.18. The van der Waals surface area contributed by atoms with Crippen LogP contribution in [0.15, 0.2) is 24.3 Å². The van der Waals surface area contributed by atoms with Gasteiger partial charge in [-0.25, -0.2) is 0 Å². The second kappa shape index (κ2) is 7.66. The number of amides is 2. The van der Waals surface area contributed by atoms with Crippen LogP contribution in [0.5, 0.6) is 5.75 Å². The molecule has 2 aliphatic heterocycles. The highest BCUT2D eigenvalue weighted by molar-refractivity contribution is 5.95. The molecule has 2 unspecified atom stereocenters. The number of halogens is 1. The molecule has 2 amide bonds. The largest absolute Gasteiger partial charge is 0.484 e. The summed E-state index contributed by atoms with van der Waals surface area (Å²) in [5.74, 6) is 0.0994. The van der Waals surface area contributed by atoms with Gasteiger partial charge in [-0.15, -0.1) is 12.4 Å². The van der Waals surface area contributed by atoms with Gasteiger partial charge >= 0.3 is 0 Å². The molecule has 2 bridgehead atoms. The fourth-order valence-corrected chi connectivity index (χ4v) is 3.31. The number of nitrogens with two attached hydrogens (primary N) is 1. The van der Waals surface area contributed by atoms with Crippen LogP contribution in [0.2, 0.25) is 0 Å². The summed E-state index contributed by atoms with van der Waals surface area (Å²) >= 11 is 0. The van der Waals surface area contributed by atoms with Crippen LogP contribution in [0, 0.1) is 0 Å². The summed E-state index contributed by atoms with van der Waals surface area (Å²) in [5, 5.41) is 3.39. The third-order valence-electron chi connectivity index (χ3n) is 4.37. The van der Waals surface area contributed by atoms with Gasteiger partial charge in [0.2, 0.25) is 0 Å². The maximum Gasteiger partial charge on any atom is 0.255 e. The van der Waals surface area contributed by atoms with Crippen molar-refractivity contribution in [2.75, 3.05) is 19.7 Å². The molecule has 23 heavy (non-hydrogen) atoms. The average molecular weight is 340 g/mol. The van der Waals surface area contributed by atoms with Crippen LogP contribution >= 0.6 is 12.4 Å². The molecular weight excluding hydrogens is 318 g/mol. The highest BCUT2D eigenvalue weighted by Gasteiger charge is 2.38. The van der Waals surface area contributed by atoms with Crippen molar-refractivity contribution >= 4 is 24.2 Å². The Bertz CT molecular complexity index is 550. The van der Waals surface area contributed by atoms with Crippen molar-refractivity contribution in [3.8, 4) is 5.75 Å². The number of benzene rings is 1. The first-order valence-corrected chi connectivity index (χ1v) is 7.69. The van der Waals surface area contributed by atoms with Gasteiger partial charge in [0.1, 0.15) is 5.75 Å². The van der Waals surface area contributed by atoms with E-state index in [0.29, 0.717) is 23.4 Å². The van der Waals surface area contributed by atoms with E-state index in [2.05, 4.69) is 5.32 Å². The second-order valence-electron chi connectivity index (χ2n) is 5.87. The molecule has 2 saturated heterocycles. The Labute approximate surface area is 141 Å². The van der Waals surface area contributed by atoms with E-state index in [-0.39, 0.29) is 24.9 Å². The van der Waals surface area contributed by atoms with Crippen molar-refractivity contribution in [1.29, 1.82) is 0 Å². The van der Waals surface area contributed by atoms with Crippen LogP contribution in [0.1, 0.15) is 29.6 Å². The third-order valence-corrected chi connectivity index (χ3v) is 4.37. The molecule has 126 valence electrons. The Morgan fingerprint density at radius 3 is 2.57 bits per heavy atom. The topological polar surface area (TPSA) is 84.7 Å². The molecule has 7 heteroatoms. The summed E-state index contributed by atoms with van der Waals surface area (Å²) in [6.45, 7) is 1.70. The van der Waals surface area contributed by atoms with Crippen molar-refractivity contribution in [3.05, 3.63) is 29.8 Å². The van der Waals surface area contributed by atoms with Crippen LogP contribution in [0.3, 0.4) is 0 Å². The number of carbonyl (C=O) groups excluding carboxylic acids is 2. The maximum atomic E-state index is 12.8. The molecule has 0 radical (unpaired) electrons. The molecule has 0 saturated carbocycles. The number of primary amides is 1. The van der Waals surface area contributed by atoms with Gasteiger partial charge in [0.15, 0.2) is 6.61 Å². The molecule has 3 N–H and O–H groups in total. The van der Waals surface area contributed by atoms with Gasteiger partial charge in [0, 0.05) is 24.2 Å². The Hall–Kier alpha value is -1.79. The highest BCUT2D eigenvalue weighted by Crippen LogP contribution is 2.29. The molecule has 0 spiro atoms. The molecule has 0 aromatic heterocycles. The first-order chi connectivity index (χ1) is 10.6. The van der Waals surface area contributed by atoms with Gasteiger partial charge in [0.05, 0.1) is 0 Å². The SMILES string of the molecule is Cl.NC(=O)COc1ccc(C(=O)N2C3CCNCC2CC3)cc1. The van der Waals surface area contributed by atoms with Gasteiger partial charge < -0.3 is 20.7 Å². The van der Waals surface area contributed by atoms with E-state index in [1.54, 1.807) is 24.3 Å². The lowest BCUT2D eigenvalue weighted by Gasteiger charge is -2.28. The van der Waals surface area contributed by atoms with Crippen molar-refractivity contribution in [1.82, 2.24) is 10.2 Å². The molecule has 1 aromatic rings. The molecular formula is C16H22ClN3O3. The van der Waals surface area contributed by atoms with Crippen LogP contribution in [0.4, 0.5) is 0 Å². The smallest absolute Gasteiger partial charge is 0.255 e. The van der Waals surface area contributed by atoms with Crippen LogP contribution in [0.25, 0.3) is 0 Å². The molecule has 3 rings (SSSR count). The van der Waals surface area contributed by atoms with Crippen molar-refractivity contribution in [2.24, 2.45) is 5.73 Å². The monoisotopic (exact) mass is 339 g/mol. The van der Waals surface area contributed by atoms with E-state index >= 15 is 0 Å². The summed E-state index contributed by atoms with van der Waals surface area (Å²) < 4.78 is 5.21. The van der Waals surface area contributed by atoms with Crippen LogP contribution < -0.4 is 15.8 Å². The number of hydrogen-bond acceptors (Lipinski definition) is 4. The number of carbonyl (C=O) groups is 2. The first kappa shape index (κ1) is 17.6. The van der Waals surface area contributed by atoms with Crippen LogP contribution in [-0.2, 0) is 4.79 Å². The Balaban J connectivity index is 0.00000192. The molecule has 2 aliphatic rings. The van der Waals surface area contributed by atoms with E-state index in [4.69, 9.17) is 10.5 Å². The zero-order valence-corrected chi connectivity index (χ0v) is 13.7. The highest BCUT2D eigenvalue weighted by atomic mass is 35.5. The molecule has 6 nitrogen and oxygen atoms in total. The number of nitrogens with one attached hydrogen (secondary N) is 1. The van der Waals surface area contributed by atoms with Crippen molar-refractivity contribution in [3.63, 3.8) is 0 Å². The lowest BCUT2D eigenvalue weighted by Crippen LogP contribution is -2.42. The fourth-order valence-electron chi connectivity index (χ4n) is 3.31. The molecule has 2 fully saturated rings. The van der Waals surface area contributed by atoms with Gasteiger partial charge in [-0.1, -0.05) is 0 Å². The fraction of sp³-hybridized carbons (Fsp3) is 0.500. The number of ether oxygens (including phenoxy) is 1. The molecule has 2 atom stereocenters. The van der Waals surface area contributed by atoms with E-state index in [0.717, 1.165) is 32.4 Å². The number of nitrogens with zero attached hydrogens (tertiary/aromatic N) is 1. The minimum Gasteiger partial charge on any atom is -0.484 e. The standard InChI is InChI=1S/C16H21N3O3.ClH/c17-15(20)10-22-14-5-1-11(2-6-14)16(21)19-12-3-4-13(19)9-18-8-7-12;/h1-2,5-6,12-13,18H,3-4,7-10H2,(H2,17,20);1H. The Kier molecular flexibility index (Phi) is 5.85. The minimum atomic E-state index is -0.520. The molecule has 0 aliphatic carbocycles. The number of fused-ring (bicyclic) bond motifs is 2. The third kappa shape index (κ3) is 3.95. The van der Waals surface area contributed by atoms with E-state index in [1.165, 1.54) is 0 Å². The van der Waals surface area contributed by atoms with Crippen molar-refractivity contribution < 1.29 is 14.3 Å². The predicted octanol–water partition coefficient (Wildman–Crippen LogP) is 0.939. The predicted molar refractivity (Wildman–Crippen MR) is 88.8 cm³/mol. The van der Waals surface area contributed by atoms with E-state index < -0.39 is 5.91 Å². The summed E-state index contributed by atoms with van der Waals surface area (Å²) in [5.41, 5.74) is 5.70. The first-order valence-electron chi connectivity index (χ1n) is 7.69. The summed E-state index contributed by atoms with van der Waals surface area (Å²) in [7, 11) is 0. The van der Waals surface area contributed by atoms with Gasteiger partial charge in [-0.2, -0.15) is 0 Å². The van der Waals surface area contributed by atoms with Gasteiger partial charge in [-0.3, -0.25) is 9.59 Å². The Morgan fingerprint density at radius 2 is 1.87 bits per heavy atom. The zero-order valence-electron chi connectivity index (χ0n) is 12.9. The quantitative estimate of drug-likeness (QED) is 0.855. The normalized spacial score (nSPS) is 22.9. The van der Waals surface area contributed by atoms with Crippen molar-refractivity contribution in [2.45, 2.75) is 31.3 Å². The average Bonchev–Trinajstić information content (AvgIpc) is 2.78.